The average molecular weight is 379 g/mol. The minimum absolute atomic E-state index is 0.156. The number of carbonyl (C=O) groups excluding carboxylic acids is 1. The lowest BCUT2D eigenvalue weighted by atomic mass is 10.1. The highest BCUT2D eigenvalue weighted by atomic mass is 127. The highest BCUT2D eigenvalue weighted by molar-refractivity contribution is 14.1. The second-order valence-corrected chi connectivity index (χ2v) is 5.29. The molecule has 1 amide bonds. The number of halogens is 2. The van der Waals surface area contributed by atoms with E-state index in [2.05, 4.69) is 5.32 Å². The van der Waals surface area contributed by atoms with E-state index in [4.69, 9.17) is 5.11 Å². The molecule has 0 heterocycles. The van der Waals surface area contributed by atoms with Crippen molar-refractivity contribution in [1.82, 2.24) is 5.32 Å². The molecule has 0 bridgehead atoms. The van der Waals surface area contributed by atoms with Gasteiger partial charge in [0.15, 0.2) is 0 Å². The van der Waals surface area contributed by atoms with Crippen LogP contribution in [0.1, 0.15) is 36.5 Å². The molecule has 1 rings (SSSR count). The third-order valence-corrected chi connectivity index (χ3v) is 3.56. The van der Waals surface area contributed by atoms with Gasteiger partial charge in [0, 0.05) is 3.57 Å². The Bertz CT molecular complexity index is 479. The summed E-state index contributed by atoms with van der Waals surface area (Å²) in [5.74, 6) is -2.16. The molecule has 0 radical (unpaired) electrons. The Morgan fingerprint density at radius 2 is 2.16 bits per heavy atom. The van der Waals surface area contributed by atoms with Gasteiger partial charge in [0.05, 0.1) is 5.56 Å². The molecule has 0 fully saturated rings. The van der Waals surface area contributed by atoms with E-state index < -0.39 is 23.7 Å². The number of hydrogen-bond donors (Lipinski definition) is 2. The molecule has 0 aliphatic carbocycles. The third-order valence-electron chi connectivity index (χ3n) is 2.62. The van der Waals surface area contributed by atoms with Gasteiger partial charge in [-0.15, -0.1) is 0 Å². The third kappa shape index (κ3) is 4.77. The lowest BCUT2D eigenvalue weighted by Crippen LogP contribution is -2.41. The number of benzene rings is 1. The monoisotopic (exact) mass is 379 g/mol. The summed E-state index contributed by atoms with van der Waals surface area (Å²) in [6.07, 6.45) is 1.91. The Morgan fingerprint density at radius 1 is 1.47 bits per heavy atom. The normalized spacial score (nSPS) is 11.9. The molecule has 0 saturated carbocycles. The van der Waals surface area contributed by atoms with Crippen molar-refractivity contribution >= 4 is 34.5 Å². The molecule has 0 aromatic heterocycles. The second-order valence-electron chi connectivity index (χ2n) is 4.13. The first-order valence-electron chi connectivity index (χ1n) is 5.94. The number of rotatable bonds is 6. The summed E-state index contributed by atoms with van der Waals surface area (Å²) in [7, 11) is 0. The Hall–Kier alpha value is -1.18. The van der Waals surface area contributed by atoms with Crippen molar-refractivity contribution < 1.29 is 19.1 Å². The van der Waals surface area contributed by atoms with E-state index in [1.807, 2.05) is 29.5 Å². The van der Waals surface area contributed by atoms with E-state index in [1.165, 1.54) is 12.1 Å². The molecule has 104 valence electrons. The van der Waals surface area contributed by atoms with Gasteiger partial charge < -0.3 is 10.4 Å². The lowest BCUT2D eigenvalue weighted by molar-refractivity contribution is -0.139. The van der Waals surface area contributed by atoms with Crippen LogP contribution < -0.4 is 5.32 Å². The summed E-state index contributed by atoms with van der Waals surface area (Å²) in [5, 5.41) is 11.5. The minimum Gasteiger partial charge on any atom is -0.480 e. The minimum atomic E-state index is -1.08. The molecule has 0 spiro atoms. The van der Waals surface area contributed by atoms with Crippen LogP contribution in [0.15, 0.2) is 18.2 Å². The fourth-order valence-electron chi connectivity index (χ4n) is 1.57. The van der Waals surface area contributed by atoms with Gasteiger partial charge >= 0.3 is 5.97 Å². The maximum atomic E-state index is 13.1. The molecule has 0 aliphatic heterocycles. The van der Waals surface area contributed by atoms with Crippen molar-refractivity contribution in [3.05, 3.63) is 33.1 Å². The lowest BCUT2D eigenvalue weighted by Gasteiger charge is -2.14. The van der Waals surface area contributed by atoms with Crippen molar-refractivity contribution in [3.63, 3.8) is 0 Å². The maximum absolute atomic E-state index is 13.1. The van der Waals surface area contributed by atoms with E-state index in [0.29, 0.717) is 16.4 Å². The van der Waals surface area contributed by atoms with Crippen LogP contribution in [0.25, 0.3) is 0 Å². The summed E-state index contributed by atoms with van der Waals surface area (Å²) >= 11 is 1.91. The zero-order valence-electron chi connectivity index (χ0n) is 10.5. The summed E-state index contributed by atoms with van der Waals surface area (Å²) in [4.78, 5) is 23.0. The second kappa shape index (κ2) is 7.42. The smallest absolute Gasteiger partial charge is 0.326 e. The van der Waals surface area contributed by atoms with Crippen LogP contribution in [0.3, 0.4) is 0 Å². The molecule has 0 saturated heterocycles. The van der Waals surface area contributed by atoms with Crippen LogP contribution in [0.4, 0.5) is 4.39 Å². The van der Waals surface area contributed by atoms with E-state index in [1.54, 1.807) is 0 Å². The van der Waals surface area contributed by atoms with Crippen molar-refractivity contribution in [3.8, 4) is 0 Å². The Kier molecular flexibility index (Phi) is 6.20. The zero-order chi connectivity index (χ0) is 14.4. The number of aliphatic carboxylic acids is 1. The number of carboxylic acid groups (broad SMARTS) is 1. The van der Waals surface area contributed by atoms with Crippen molar-refractivity contribution in [1.29, 1.82) is 0 Å². The van der Waals surface area contributed by atoms with Crippen LogP contribution >= 0.6 is 22.6 Å². The van der Waals surface area contributed by atoms with Crippen LogP contribution in [-0.4, -0.2) is 23.0 Å². The van der Waals surface area contributed by atoms with E-state index in [9.17, 15) is 14.0 Å². The number of carbonyl (C=O) groups is 2. The molecule has 4 nitrogen and oxygen atoms in total. The first-order chi connectivity index (χ1) is 8.95. The van der Waals surface area contributed by atoms with Crippen molar-refractivity contribution in [2.45, 2.75) is 32.2 Å². The van der Waals surface area contributed by atoms with E-state index >= 15 is 0 Å². The van der Waals surface area contributed by atoms with E-state index in [0.717, 1.165) is 12.5 Å². The van der Waals surface area contributed by atoms with Crippen LogP contribution in [0, 0.1) is 9.39 Å². The fraction of sp³-hybridized carbons (Fsp3) is 0.385. The fourth-order valence-corrected chi connectivity index (χ4v) is 2.15. The van der Waals surface area contributed by atoms with Gasteiger partial charge in [0.2, 0.25) is 0 Å². The molecule has 1 aromatic carbocycles. The first-order valence-corrected chi connectivity index (χ1v) is 7.02. The highest BCUT2D eigenvalue weighted by Gasteiger charge is 2.21. The first kappa shape index (κ1) is 15.9. The number of amides is 1. The predicted molar refractivity (Wildman–Crippen MR) is 77.5 cm³/mol. The predicted octanol–water partition coefficient (Wildman–Crippen LogP) is 2.80. The topological polar surface area (TPSA) is 66.4 Å². The van der Waals surface area contributed by atoms with Crippen LogP contribution in [0.5, 0.6) is 0 Å². The quantitative estimate of drug-likeness (QED) is 0.748. The molecule has 1 atom stereocenters. The Balaban J connectivity index is 2.81. The molecular weight excluding hydrogens is 364 g/mol. The van der Waals surface area contributed by atoms with Crippen LogP contribution in [-0.2, 0) is 4.79 Å². The molecule has 1 aromatic rings. The summed E-state index contributed by atoms with van der Waals surface area (Å²) in [5.41, 5.74) is 0.156. The standard InChI is InChI=1S/C13H15FINO3/c1-2-3-4-11(13(18)19)16-12(17)9-7-8(14)5-6-10(9)15/h5-7,11H,2-4H2,1H3,(H,16,17)(H,18,19). The van der Waals surface area contributed by atoms with Crippen LogP contribution in [0.2, 0.25) is 0 Å². The number of unbranched alkanes of at least 4 members (excludes halogenated alkanes) is 1. The van der Waals surface area contributed by atoms with Crippen molar-refractivity contribution in [2.75, 3.05) is 0 Å². The number of hydrogen-bond acceptors (Lipinski definition) is 2. The largest absolute Gasteiger partial charge is 0.480 e. The number of nitrogens with one attached hydrogen (secondary N) is 1. The average Bonchev–Trinajstić information content (AvgIpc) is 2.36. The van der Waals surface area contributed by atoms with Gasteiger partial charge in [-0.1, -0.05) is 19.8 Å². The van der Waals surface area contributed by atoms with Gasteiger partial charge in [-0.2, -0.15) is 0 Å². The summed E-state index contributed by atoms with van der Waals surface area (Å²) < 4.78 is 13.7. The maximum Gasteiger partial charge on any atom is 0.326 e. The van der Waals surface area contributed by atoms with Gasteiger partial charge in [0.25, 0.3) is 5.91 Å². The Labute approximate surface area is 124 Å². The SMILES string of the molecule is CCCCC(NC(=O)c1cc(F)ccc1I)C(=O)O. The van der Waals surface area contributed by atoms with Gasteiger partial charge in [0.1, 0.15) is 11.9 Å². The molecule has 19 heavy (non-hydrogen) atoms. The van der Waals surface area contributed by atoms with Crippen molar-refractivity contribution in [2.24, 2.45) is 0 Å². The van der Waals surface area contributed by atoms with Gasteiger partial charge in [-0.3, -0.25) is 4.79 Å². The Morgan fingerprint density at radius 3 is 2.74 bits per heavy atom. The number of carboxylic acids is 1. The molecule has 0 aliphatic rings. The summed E-state index contributed by atoms with van der Waals surface area (Å²) in [6, 6.07) is 2.90. The highest BCUT2D eigenvalue weighted by Crippen LogP contribution is 2.14. The summed E-state index contributed by atoms with van der Waals surface area (Å²) in [6.45, 7) is 1.94. The molecule has 6 heteroatoms. The van der Waals surface area contributed by atoms with Gasteiger partial charge in [-0.25, -0.2) is 9.18 Å². The molecule has 2 N–H and O–H groups in total. The van der Waals surface area contributed by atoms with E-state index in [-0.39, 0.29) is 5.56 Å². The zero-order valence-corrected chi connectivity index (χ0v) is 12.6. The molecule has 1 unspecified atom stereocenters. The van der Waals surface area contributed by atoms with Gasteiger partial charge in [-0.05, 0) is 47.2 Å². The molecular formula is C13H15FINO3.